The van der Waals surface area contributed by atoms with Gasteiger partial charge >= 0.3 is 0 Å². The van der Waals surface area contributed by atoms with Crippen LogP contribution in [0.4, 0.5) is 5.69 Å². The van der Waals surface area contributed by atoms with Crippen LogP contribution in [0.5, 0.6) is 0 Å². The molecule has 16 heavy (non-hydrogen) atoms. The Bertz CT molecular complexity index is 511. The van der Waals surface area contributed by atoms with Crippen molar-refractivity contribution in [3.05, 3.63) is 53.1 Å². The summed E-state index contributed by atoms with van der Waals surface area (Å²) in [5, 5.41) is 0.747. The van der Waals surface area contributed by atoms with Crippen LogP contribution in [0.2, 0.25) is 5.02 Å². The van der Waals surface area contributed by atoms with Gasteiger partial charge in [-0.25, -0.2) is 0 Å². The van der Waals surface area contributed by atoms with Gasteiger partial charge in [-0.05, 0) is 42.8 Å². The van der Waals surface area contributed by atoms with Gasteiger partial charge in [-0.3, -0.25) is 0 Å². The third-order valence-electron chi connectivity index (χ3n) is 2.19. The number of hydrogen-bond acceptors (Lipinski definition) is 2. The van der Waals surface area contributed by atoms with Crippen molar-refractivity contribution >= 4 is 29.1 Å². The predicted octanol–water partition coefficient (Wildman–Crippen LogP) is 4.38. The summed E-state index contributed by atoms with van der Waals surface area (Å²) in [6.07, 6.45) is 0. The van der Waals surface area contributed by atoms with Crippen LogP contribution < -0.4 is 5.73 Å². The minimum absolute atomic E-state index is 0.747. The molecule has 0 aliphatic carbocycles. The first kappa shape index (κ1) is 11.4. The van der Waals surface area contributed by atoms with Crippen molar-refractivity contribution in [1.29, 1.82) is 0 Å². The highest BCUT2D eigenvalue weighted by Crippen LogP contribution is 2.33. The molecule has 0 amide bonds. The quantitative estimate of drug-likeness (QED) is 0.800. The highest BCUT2D eigenvalue weighted by molar-refractivity contribution is 7.99. The van der Waals surface area contributed by atoms with Crippen molar-refractivity contribution in [3.8, 4) is 0 Å². The lowest BCUT2D eigenvalue weighted by Crippen LogP contribution is -1.88. The largest absolute Gasteiger partial charge is 0.398 e. The SMILES string of the molecule is Cc1ccc(N)c(Sc2cccc(Cl)c2)c1. The van der Waals surface area contributed by atoms with Gasteiger partial charge in [0.15, 0.2) is 0 Å². The Labute approximate surface area is 105 Å². The molecule has 0 heterocycles. The molecular formula is C13H12ClNS. The van der Waals surface area contributed by atoms with Crippen LogP contribution in [-0.2, 0) is 0 Å². The van der Waals surface area contributed by atoms with Gasteiger partial charge in [0.1, 0.15) is 0 Å². The lowest BCUT2D eigenvalue weighted by molar-refractivity contribution is 1.35. The Morgan fingerprint density at radius 1 is 1.12 bits per heavy atom. The smallest absolute Gasteiger partial charge is 0.0456 e. The molecule has 0 aliphatic heterocycles. The summed E-state index contributed by atoms with van der Waals surface area (Å²) in [5.41, 5.74) is 7.93. The van der Waals surface area contributed by atoms with Gasteiger partial charge < -0.3 is 5.73 Å². The van der Waals surface area contributed by atoms with E-state index in [-0.39, 0.29) is 0 Å². The van der Waals surface area contributed by atoms with Crippen LogP contribution >= 0.6 is 23.4 Å². The zero-order chi connectivity index (χ0) is 11.5. The number of nitrogens with two attached hydrogens (primary N) is 1. The summed E-state index contributed by atoms with van der Waals surface area (Å²) in [6, 6.07) is 13.8. The molecule has 0 saturated carbocycles. The fraction of sp³-hybridized carbons (Fsp3) is 0.0769. The van der Waals surface area contributed by atoms with Gasteiger partial charge in [-0.1, -0.05) is 35.5 Å². The molecule has 2 rings (SSSR count). The van der Waals surface area contributed by atoms with E-state index in [1.807, 2.05) is 36.4 Å². The van der Waals surface area contributed by atoms with E-state index in [2.05, 4.69) is 13.0 Å². The van der Waals surface area contributed by atoms with Gasteiger partial charge in [0, 0.05) is 20.5 Å². The van der Waals surface area contributed by atoms with Crippen LogP contribution in [0.25, 0.3) is 0 Å². The summed E-state index contributed by atoms with van der Waals surface area (Å²) in [4.78, 5) is 2.17. The summed E-state index contributed by atoms with van der Waals surface area (Å²) >= 11 is 7.57. The average molecular weight is 250 g/mol. The summed E-state index contributed by atoms with van der Waals surface area (Å²) in [5.74, 6) is 0. The summed E-state index contributed by atoms with van der Waals surface area (Å²) < 4.78 is 0. The minimum atomic E-state index is 0.747. The molecule has 0 bridgehead atoms. The monoisotopic (exact) mass is 249 g/mol. The van der Waals surface area contributed by atoms with E-state index in [0.29, 0.717) is 0 Å². The zero-order valence-electron chi connectivity index (χ0n) is 8.91. The Balaban J connectivity index is 2.30. The molecular weight excluding hydrogens is 238 g/mol. The van der Waals surface area contributed by atoms with Crippen molar-refractivity contribution in [2.75, 3.05) is 5.73 Å². The third kappa shape index (κ3) is 2.71. The van der Waals surface area contributed by atoms with Crippen molar-refractivity contribution in [2.45, 2.75) is 16.7 Å². The van der Waals surface area contributed by atoms with E-state index >= 15 is 0 Å². The van der Waals surface area contributed by atoms with Crippen molar-refractivity contribution in [2.24, 2.45) is 0 Å². The highest BCUT2D eigenvalue weighted by Gasteiger charge is 2.02. The van der Waals surface area contributed by atoms with Gasteiger partial charge in [-0.15, -0.1) is 0 Å². The molecule has 82 valence electrons. The lowest BCUT2D eigenvalue weighted by atomic mass is 10.2. The lowest BCUT2D eigenvalue weighted by Gasteiger charge is -2.06. The maximum atomic E-state index is 5.94. The van der Waals surface area contributed by atoms with Gasteiger partial charge in [0.25, 0.3) is 0 Å². The molecule has 2 aromatic carbocycles. The molecule has 3 heteroatoms. The standard InChI is InChI=1S/C13H12ClNS/c1-9-5-6-12(15)13(7-9)16-11-4-2-3-10(14)8-11/h2-8H,15H2,1H3. The number of anilines is 1. The van der Waals surface area contributed by atoms with E-state index in [9.17, 15) is 0 Å². The number of aryl methyl sites for hydroxylation is 1. The Morgan fingerprint density at radius 2 is 1.94 bits per heavy atom. The molecule has 0 fully saturated rings. The molecule has 0 aromatic heterocycles. The van der Waals surface area contributed by atoms with E-state index in [1.54, 1.807) is 11.8 Å². The van der Waals surface area contributed by atoms with Crippen LogP contribution in [0.3, 0.4) is 0 Å². The van der Waals surface area contributed by atoms with Crippen LogP contribution in [0.15, 0.2) is 52.3 Å². The normalized spacial score (nSPS) is 10.4. The highest BCUT2D eigenvalue weighted by atomic mass is 35.5. The Morgan fingerprint density at radius 3 is 2.69 bits per heavy atom. The average Bonchev–Trinajstić information content (AvgIpc) is 2.24. The topological polar surface area (TPSA) is 26.0 Å². The molecule has 0 saturated heterocycles. The molecule has 1 nitrogen and oxygen atoms in total. The first-order valence-electron chi connectivity index (χ1n) is 4.95. The first-order chi connectivity index (χ1) is 7.65. The summed E-state index contributed by atoms with van der Waals surface area (Å²) in [6.45, 7) is 2.06. The minimum Gasteiger partial charge on any atom is -0.398 e. The van der Waals surface area contributed by atoms with Crippen molar-refractivity contribution < 1.29 is 0 Å². The number of halogens is 1. The fourth-order valence-corrected chi connectivity index (χ4v) is 2.66. The second kappa shape index (κ2) is 4.81. The first-order valence-corrected chi connectivity index (χ1v) is 6.14. The second-order valence-electron chi connectivity index (χ2n) is 3.60. The van der Waals surface area contributed by atoms with Gasteiger partial charge in [0.2, 0.25) is 0 Å². The molecule has 0 unspecified atom stereocenters. The molecule has 0 aliphatic rings. The van der Waals surface area contributed by atoms with Gasteiger partial charge in [0.05, 0.1) is 0 Å². The molecule has 0 spiro atoms. The number of nitrogen functional groups attached to an aromatic ring is 1. The van der Waals surface area contributed by atoms with E-state index < -0.39 is 0 Å². The second-order valence-corrected chi connectivity index (χ2v) is 5.15. The zero-order valence-corrected chi connectivity index (χ0v) is 10.5. The maximum Gasteiger partial charge on any atom is 0.0456 e. The predicted molar refractivity (Wildman–Crippen MR) is 71.2 cm³/mol. The summed E-state index contributed by atoms with van der Waals surface area (Å²) in [7, 11) is 0. The Kier molecular flexibility index (Phi) is 3.42. The van der Waals surface area contributed by atoms with Crippen LogP contribution in [0.1, 0.15) is 5.56 Å². The van der Waals surface area contributed by atoms with Crippen LogP contribution in [0, 0.1) is 6.92 Å². The molecule has 0 atom stereocenters. The van der Waals surface area contributed by atoms with Crippen molar-refractivity contribution in [1.82, 2.24) is 0 Å². The Hall–Kier alpha value is -1.12. The van der Waals surface area contributed by atoms with E-state index in [0.717, 1.165) is 20.5 Å². The maximum absolute atomic E-state index is 5.94. The van der Waals surface area contributed by atoms with E-state index in [4.69, 9.17) is 17.3 Å². The van der Waals surface area contributed by atoms with Crippen molar-refractivity contribution in [3.63, 3.8) is 0 Å². The number of hydrogen-bond donors (Lipinski definition) is 1. The molecule has 0 radical (unpaired) electrons. The van der Waals surface area contributed by atoms with Crippen LogP contribution in [-0.4, -0.2) is 0 Å². The molecule has 2 aromatic rings. The third-order valence-corrected chi connectivity index (χ3v) is 3.49. The van der Waals surface area contributed by atoms with E-state index in [1.165, 1.54) is 5.56 Å². The van der Waals surface area contributed by atoms with Gasteiger partial charge in [-0.2, -0.15) is 0 Å². The molecule has 2 N–H and O–H groups in total. The fourth-order valence-electron chi connectivity index (χ4n) is 1.39. The number of rotatable bonds is 2. The number of benzene rings is 2.